The molecule has 0 aromatic heterocycles. The second-order valence-corrected chi connectivity index (χ2v) is 12.0. The molecule has 0 amide bonds. The number of carbonyl (C=O) groups is 2. The van der Waals surface area contributed by atoms with Gasteiger partial charge in [0.15, 0.2) is 18.4 Å². The normalized spacial score (nSPS) is 44.6. The van der Waals surface area contributed by atoms with E-state index in [1.807, 2.05) is 26.8 Å². The maximum atomic E-state index is 13.1. The van der Waals surface area contributed by atoms with E-state index >= 15 is 0 Å². The summed E-state index contributed by atoms with van der Waals surface area (Å²) in [5.41, 5.74) is 0.781. The molecule has 3 N–H and O–H groups in total. The van der Waals surface area contributed by atoms with Gasteiger partial charge in [-0.2, -0.15) is 0 Å². The van der Waals surface area contributed by atoms with Gasteiger partial charge in [0.05, 0.1) is 31.3 Å². The second-order valence-electron chi connectivity index (χ2n) is 12.0. The van der Waals surface area contributed by atoms with E-state index in [0.29, 0.717) is 19.3 Å². The lowest BCUT2D eigenvalue weighted by molar-refractivity contribution is -0.304. The average Bonchev–Trinajstić information content (AvgIpc) is 3.32. The van der Waals surface area contributed by atoms with Crippen LogP contribution >= 0.6 is 0 Å². The summed E-state index contributed by atoms with van der Waals surface area (Å²) >= 11 is 0. The van der Waals surface area contributed by atoms with E-state index in [2.05, 4.69) is 0 Å². The van der Waals surface area contributed by atoms with E-state index < -0.39 is 73.1 Å². The number of methoxy groups -OCH3 is 2. The van der Waals surface area contributed by atoms with Crippen molar-refractivity contribution in [1.29, 1.82) is 0 Å². The highest BCUT2D eigenvalue weighted by Gasteiger charge is 2.45. The molecule has 3 rings (SSSR count). The lowest BCUT2D eigenvalue weighted by Gasteiger charge is -2.42. The van der Waals surface area contributed by atoms with Crippen molar-refractivity contribution in [3.05, 3.63) is 23.8 Å². The molecule has 0 aliphatic carbocycles. The van der Waals surface area contributed by atoms with E-state index in [-0.39, 0.29) is 30.6 Å². The van der Waals surface area contributed by atoms with Gasteiger partial charge in [-0.3, -0.25) is 9.59 Å². The summed E-state index contributed by atoms with van der Waals surface area (Å²) in [6.07, 6.45) is -0.566. The number of hydrogen-bond acceptors (Lipinski definition) is 11. The molecule has 0 radical (unpaired) electrons. The van der Waals surface area contributed by atoms with E-state index in [1.54, 1.807) is 26.0 Å². The van der Waals surface area contributed by atoms with Crippen LogP contribution in [0, 0.1) is 23.7 Å². The third-order valence-electron chi connectivity index (χ3n) is 8.83. The van der Waals surface area contributed by atoms with Crippen LogP contribution in [-0.4, -0.2) is 103 Å². The van der Waals surface area contributed by atoms with Crippen LogP contribution in [0.5, 0.6) is 0 Å². The van der Waals surface area contributed by atoms with Crippen molar-refractivity contribution in [2.24, 2.45) is 23.7 Å². The standard InChI is InChI=1S/C31H50O11/c1-8-24-21(15-39-31-30(38-7)29(37-6)27(36)19(5)40-31)11-16(2)9-10-22(32)17(3)12-20-13-25(34)42-28(20)18(4)23(33)14-26(35)41-24/h9-11,17-21,23-25,27-31,33-34,36H,8,12-15H2,1-7H3/b10-9+,16-11+/t17-,18+,19-,20-,21-,23-,24-,25?,27-,28-,29-,30-,31-/m1/s1. The SMILES string of the molecule is CC[C@H]1OC(=O)C[C@@H](O)[C@H](C)[C@H]2OC(O)C[C@H]2C[C@@H](C)C(=O)/C=C/C(C)=C/[C@@H]1CO[C@@H]1O[C@H](C)[C@@H](O)[C@@H](OC)[C@H]1OC. The van der Waals surface area contributed by atoms with Crippen LogP contribution in [-0.2, 0) is 38.0 Å². The Kier molecular flexibility index (Phi) is 13.1. The Morgan fingerprint density at radius 2 is 1.67 bits per heavy atom. The second kappa shape index (κ2) is 15.9. The van der Waals surface area contributed by atoms with Gasteiger partial charge in [-0.15, -0.1) is 0 Å². The van der Waals surface area contributed by atoms with Crippen molar-refractivity contribution in [2.75, 3.05) is 20.8 Å². The summed E-state index contributed by atoms with van der Waals surface area (Å²) in [6, 6.07) is 0. The Balaban J connectivity index is 1.86. The first-order valence-electron chi connectivity index (χ1n) is 15.0. The van der Waals surface area contributed by atoms with Crippen LogP contribution in [0.4, 0.5) is 0 Å². The molecular formula is C31H50O11. The minimum atomic E-state index is -1.06. The summed E-state index contributed by atoms with van der Waals surface area (Å²) in [4.78, 5) is 26.1. The Morgan fingerprint density at radius 3 is 2.31 bits per heavy atom. The Labute approximate surface area is 249 Å². The molecule has 2 saturated heterocycles. The van der Waals surface area contributed by atoms with Gasteiger partial charge < -0.3 is 43.7 Å². The lowest BCUT2D eigenvalue weighted by atomic mass is 9.81. The monoisotopic (exact) mass is 598 g/mol. The first kappa shape index (κ1) is 34.8. The van der Waals surface area contributed by atoms with Crippen molar-refractivity contribution >= 4 is 11.8 Å². The minimum Gasteiger partial charge on any atom is -0.462 e. The molecule has 11 nitrogen and oxygen atoms in total. The lowest BCUT2D eigenvalue weighted by Crippen LogP contribution is -2.59. The number of allylic oxidation sites excluding steroid dienone is 3. The fraction of sp³-hybridized carbons (Fsp3) is 0.806. The predicted molar refractivity (Wildman–Crippen MR) is 152 cm³/mol. The van der Waals surface area contributed by atoms with Crippen molar-refractivity contribution in [2.45, 2.75) is 116 Å². The van der Waals surface area contributed by atoms with E-state index in [0.717, 1.165) is 5.57 Å². The van der Waals surface area contributed by atoms with Crippen LogP contribution in [0.1, 0.15) is 60.3 Å². The number of esters is 1. The number of hydrogen-bond donors (Lipinski definition) is 3. The number of rotatable bonds is 6. The molecule has 3 aliphatic heterocycles. The fourth-order valence-corrected chi connectivity index (χ4v) is 6.24. The average molecular weight is 599 g/mol. The summed E-state index contributed by atoms with van der Waals surface area (Å²) in [6.45, 7) is 9.18. The minimum absolute atomic E-state index is 0.0499. The predicted octanol–water partition coefficient (Wildman–Crippen LogP) is 2.30. The molecule has 42 heavy (non-hydrogen) atoms. The van der Waals surface area contributed by atoms with Crippen LogP contribution in [0.25, 0.3) is 0 Å². The third kappa shape index (κ3) is 8.69. The summed E-state index contributed by atoms with van der Waals surface area (Å²) in [7, 11) is 2.97. The Bertz CT molecular complexity index is 951. The van der Waals surface area contributed by atoms with Crippen LogP contribution in [0.15, 0.2) is 23.8 Å². The Morgan fingerprint density at radius 1 is 0.976 bits per heavy atom. The van der Waals surface area contributed by atoms with E-state index in [4.69, 9.17) is 28.4 Å². The molecule has 11 heteroatoms. The Hall–Kier alpha value is -1.70. The number of carbonyl (C=O) groups excluding carboxylic acids is 2. The molecule has 0 spiro atoms. The van der Waals surface area contributed by atoms with Gasteiger partial charge in [0.1, 0.15) is 24.4 Å². The van der Waals surface area contributed by atoms with Gasteiger partial charge in [0.2, 0.25) is 0 Å². The zero-order valence-electron chi connectivity index (χ0n) is 25.9. The number of cyclic esters (lactones) is 1. The summed E-state index contributed by atoms with van der Waals surface area (Å²) in [5.74, 6) is -1.96. The van der Waals surface area contributed by atoms with Crippen molar-refractivity contribution in [3.63, 3.8) is 0 Å². The number of aliphatic hydroxyl groups excluding tert-OH is 3. The summed E-state index contributed by atoms with van der Waals surface area (Å²) < 4.78 is 34.7. The van der Waals surface area contributed by atoms with Gasteiger partial charge in [-0.05, 0) is 38.7 Å². The maximum Gasteiger partial charge on any atom is 0.308 e. The van der Waals surface area contributed by atoms with Crippen LogP contribution < -0.4 is 0 Å². The van der Waals surface area contributed by atoms with Crippen molar-refractivity contribution < 1.29 is 53.3 Å². The highest BCUT2D eigenvalue weighted by molar-refractivity contribution is 5.91. The highest BCUT2D eigenvalue weighted by atomic mass is 16.7. The zero-order chi connectivity index (χ0) is 31.1. The molecule has 0 bridgehead atoms. The number of fused-ring (bicyclic) bond motifs is 1. The largest absolute Gasteiger partial charge is 0.462 e. The van der Waals surface area contributed by atoms with Crippen molar-refractivity contribution in [1.82, 2.24) is 0 Å². The third-order valence-corrected chi connectivity index (χ3v) is 8.83. The molecule has 1 unspecified atom stereocenters. The fourth-order valence-electron chi connectivity index (χ4n) is 6.24. The smallest absolute Gasteiger partial charge is 0.308 e. The molecule has 0 aromatic rings. The van der Waals surface area contributed by atoms with E-state index in [1.165, 1.54) is 14.2 Å². The maximum absolute atomic E-state index is 13.1. The van der Waals surface area contributed by atoms with E-state index in [9.17, 15) is 24.9 Å². The quantitative estimate of drug-likeness (QED) is 0.387. The van der Waals surface area contributed by atoms with Crippen LogP contribution in [0.3, 0.4) is 0 Å². The van der Waals surface area contributed by atoms with Gasteiger partial charge in [0.25, 0.3) is 0 Å². The molecule has 0 saturated carbocycles. The van der Waals surface area contributed by atoms with Gasteiger partial charge in [-0.25, -0.2) is 0 Å². The molecule has 240 valence electrons. The first-order chi connectivity index (χ1) is 19.9. The van der Waals surface area contributed by atoms with Gasteiger partial charge in [0, 0.05) is 38.4 Å². The number of aliphatic hydroxyl groups is 3. The molecule has 0 aromatic carbocycles. The number of ether oxygens (including phenoxy) is 6. The molecule has 2 fully saturated rings. The van der Waals surface area contributed by atoms with Crippen LogP contribution in [0.2, 0.25) is 0 Å². The van der Waals surface area contributed by atoms with Gasteiger partial charge in [-0.1, -0.05) is 38.5 Å². The molecular weight excluding hydrogens is 548 g/mol. The van der Waals surface area contributed by atoms with Gasteiger partial charge >= 0.3 is 5.97 Å². The topological polar surface area (TPSA) is 150 Å². The first-order valence-corrected chi connectivity index (χ1v) is 15.0. The number of ketones is 1. The molecule has 3 heterocycles. The zero-order valence-corrected chi connectivity index (χ0v) is 25.9. The highest BCUT2D eigenvalue weighted by Crippen LogP contribution is 2.37. The van der Waals surface area contributed by atoms with Crippen molar-refractivity contribution in [3.8, 4) is 0 Å². The molecule has 13 atom stereocenters. The molecule has 3 aliphatic rings. The summed E-state index contributed by atoms with van der Waals surface area (Å²) in [5, 5.41) is 31.6.